The zero-order valence-corrected chi connectivity index (χ0v) is 17.4. The van der Waals surface area contributed by atoms with Crippen molar-refractivity contribution < 1.29 is 10.0 Å². The minimum absolute atomic E-state index is 0.245. The molecule has 1 spiro atoms. The number of piperidine rings is 1. The molecule has 1 amide bonds. The van der Waals surface area contributed by atoms with Crippen LogP contribution >= 0.6 is 0 Å². The molecule has 2 aliphatic heterocycles. The lowest BCUT2D eigenvalue weighted by atomic mass is 9.78. The average Bonchev–Trinajstić information content (AvgIpc) is 3.21. The molecule has 8 nitrogen and oxygen atoms in total. The molecule has 5 rings (SSSR count). The van der Waals surface area contributed by atoms with Gasteiger partial charge in [-0.15, -0.1) is 0 Å². The number of fused-ring (bicyclic) bond motifs is 1. The standard InChI is InChI=1S/C23H26N6O2/c30-21(27-31)18-13-25-22(26-14-18)29-11-7-23(8-12-29)6-10-28(16-23)15-17-3-1-5-20-19(17)4-2-9-24-20/h1-5,9,13-14,31H,6-8,10-12,15-16H2,(H,27,30). The van der Waals surface area contributed by atoms with E-state index in [0.717, 1.165) is 51.1 Å². The first-order chi connectivity index (χ1) is 15.2. The number of amides is 1. The number of benzene rings is 1. The number of rotatable bonds is 4. The molecule has 2 aliphatic rings. The van der Waals surface area contributed by atoms with E-state index < -0.39 is 5.91 Å². The highest BCUT2D eigenvalue weighted by atomic mass is 16.5. The molecule has 0 radical (unpaired) electrons. The number of carbonyl (C=O) groups is 1. The van der Waals surface area contributed by atoms with Gasteiger partial charge < -0.3 is 4.90 Å². The highest BCUT2D eigenvalue weighted by Gasteiger charge is 2.40. The first kappa shape index (κ1) is 19.8. The van der Waals surface area contributed by atoms with Crippen LogP contribution in [0.4, 0.5) is 5.95 Å². The summed E-state index contributed by atoms with van der Waals surface area (Å²) in [4.78, 5) is 29.3. The van der Waals surface area contributed by atoms with Gasteiger partial charge in [0.2, 0.25) is 5.95 Å². The Morgan fingerprint density at radius 1 is 1.03 bits per heavy atom. The van der Waals surface area contributed by atoms with Gasteiger partial charge in [-0.25, -0.2) is 15.4 Å². The van der Waals surface area contributed by atoms with E-state index in [-0.39, 0.29) is 5.56 Å². The van der Waals surface area contributed by atoms with Crippen LogP contribution in [0.3, 0.4) is 0 Å². The molecule has 4 heterocycles. The summed E-state index contributed by atoms with van der Waals surface area (Å²) >= 11 is 0. The first-order valence-corrected chi connectivity index (χ1v) is 10.7. The summed E-state index contributed by atoms with van der Waals surface area (Å²) in [6, 6.07) is 10.6. The fourth-order valence-electron chi connectivity index (χ4n) is 4.96. The van der Waals surface area contributed by atoms with Crippen molar-refractivity contribution >= 4 is 22.8 Å². The molecule has 0 atom stereocenters. The Kier molecular flexibility index (Phi) is 5.25. The van der Waals surface area contributed by atoms with Crippen molar-refractivity contribution in [1.82, 2.24) is 25.3 Å². The van der Waals surface area contributed by atoms with Gasteiger partial charge in [-0.1, -0.05) is 18.2 Å². The van der Waals surface area contributed by atoms with Gasteiger partial charge in [0.15, 0.2) is 0 Å². The second kappa shape index (κ2) is 8.20. The van der Waals surface area contributed by atoms with Crippen LogP contribution in [0.25, 0.3) is 10.9 Å². The van der Waals surface area contributed by atoms with Crippen LogP contribution in [0.1, 0.15) is 35.2 Å². The number of aromatic nitrogens is 3. The highest BCUT2D eigenvalue weighted by molar-refractivity contribution is 5.92. The highest BCUT2D eigenvalue weighted by Crippen LogP contribution is 2.41. The third kappa shape index (κ3) is 3.96. The Hall–Kier alpha value is -3.10. The van der Waals surface area contributed by atoms with Crippen molar-refractivity contribution in [2.45, 2.75) is 25.8 Å². The van der Waals surface area contributed by atoms with E-state index in [4.69, 9.17) is 5.21 Å². The number of carbonyl (C=O) groups excluding carboxylic acids is 1. The summed E-state index contributed by atoms with van der Waals surface area (Å²) in [6.45, 7) is 5.03. The van der Waals surface area contributed by atoms with Crippen molar-refractivity contribution in [2.24, 2.45) is 5.41 Å². The number of pyridine rings is 1. The Morgan fingerprint density at radius 2 is 1.81 bits per heavy atom. The summed E-state index contributed by atoms with van der Waals surface area (Å²) in [6.07, 6.45) is 8.21. The Labute approximate surface area is 180 Å². The molecule has 31 heavy (non-hydrogen) atoms. The van der Waals surface area contributed by atoms with E-state index in [0.29, 0.717) is 11.4 Å². The van der Waals surface area contributed by atoms with Gasteiger partial charge in [0, 0.05) is 50.2 Å². The molecular formula is C23H26N6O2. The van der Waals surface area contributed by atoms with Crippen LogP contribution < -0.4 is 10.4 Å². The van der Waals surface area contributed by atoms with Gasteiger partial charge in [0.05, 0.1) is 11.1 Å². The molecule has 0 aliphatic carbocycles. The average molecular weight is 419 g/mol. The minimum Gasteiger partial charge on any atom is -0.341 e. The molecule has 8 heteroatoms. The van der Waals surface area contributed by atoms with Crippen molar-refractivity contribution in [3.8, 4) is 0 Å². The summed E-state index contributed by atoms with van der Waals surface area (Å²) < 4.78 is 0. The number of likely N-dealkylation sites (tertiary alicyclic amines) is 1. The van der Waals surface area contributed by atoms with Gasteiger partial charge in [-0.05, 0) is 48.9 Å². The smallest absolute Gasteiger partial charge is 0.277 e. The van der Waals surface area contributed by atoms with Crippen LogP contribution in [0, 0.1) is 5.41 Å². The summed E-state index contributed by atoms with van der Waals surface area (Å²) in [7, 11) is 0. The number of hydroxylamine groups is 1. The second-order valence-corrected chi connectivity index (χ2v) is 8.65. The molecule has 2 saturated heterocycles. The maximum atomic E-state index is 11.4. The van der Waals surface area contributed by atoms with Crippen LogP contribution in [-0.2, 0) is 6.54 Å². The molecule has 2 fully saturated rings. The van der Waals surface area contributed by atoms with E-state index in [9.17, 15) is 4.79 Å². The van der Waals surface area contributed by atoms with Gasteiger partial charge in [0.25, 0.3) is 5.91 Å². The largest absolute Gasteiger partial charge is 0.341 e. The van der Waals surface area contributed by atoms with E-state index in [1.807, 2.05) is 12.3 Å². The summed E-state index contributed by atoms with van der Waals surface area (Å²) in [5, 5.41) is 9.96. The lowest BCUT2D eigenvalue weighted by Crippen LogP contribution is -2.42. The number of hydrogen-bond acceptors (Lipinski definition) is 7. The van der Waals surface area contributed by atoms with Crippen molar-refractivity contribution in [2.75, 3.05) is 31.1 Å². The zero-order chi connectivity index (χ0) is 21.3. The van der Waals surface area contributed by atoms with Crippen LogP contribution in [-0.4, -0.2) is 57.1 Å². The third-order valence-corrected chi connectivity index (χ3v) is 6.76. The van der Waals surface area contributed by atoms with Crippen molar-refractivity contribution in [1.29, 1.82) is 0 Å². The Balaban J connectivity index is 1.21. The molecule has 160 valence electrons. The van der Waals surface area contributed by atoms with E-state index in [1.54, 1.807) is 5.48 Å². The number of hydrogen-bond donors (Lipinski definition) is 2. The van der Waals surface area contributed by atoms with Gasteiger partial charge in [0.1, 0.15) is 0 Å². The van der Waals surface area contributed by atoms with E-state index in [1.165, 1.54) is 29.8 Å². The van der Waals surface area contributed by atoms with Crippen LogP contribution in [0.2, 0.25) is 0 Å². The molecule has 3 aromatic rings. The minimum atomic E-state index is -0.600. The molecular weight excluding hydrogens is 392 g/mol. The fraction of sp³-hybridized carbons (Fsp3) is 0.391. The van der Waals surface area contributed by atoms with Crippen molar-refractivity contribution in [3.05, 3.63) is 60.0 Å². The Morgan fingerprint density at radius 3 is 2.58 bits per heavy atom. The molecule has 0 unspecified atom stereocenters. The van der Waals surface area contributed by atoms with Gasteiger partial charge in [-0.3, -0.25) is 19.9 Å². The fourth-order valence-corrected chi connectivity index (χ4v) is 4.96. The maximum Gasteiger partial charge on any atom is 0.277 e. The van der Waals surface area contributed by atoms with Crippen LogP contribution in [0.5, 0.6) is 0 Å². The number of anilines is 1. The molecule has 0 saturated carbocycles. The first-order valence-electron chi connectivity index (χ1n) is 10.7. The third-order valence-electron chi connectivity index (χ3n) is 6.76. The summed E-state index contributed by atoms with van der Waals surface area (Å²) in [5.41, 5.74) is 4.61. The zero-order valence-electron chi connectivity index (χ0n) is 17.4. The lowest BCUT2D eigenvalue weighted by molar-refractivity contribution is 0.0705. The second-order valence-electron chi connectivity index (χ2n) is 8.65. The van der Waals surface area contributed by atoms with Crippen molar-refractivity contribution in [3.63, 3.8) is 0 Å². The Bertz CT molecular complexity index is 1070. The lowest BCUT2D eigenvalue weighted by Gasteiger charge is -2.39. The van der Waals surface area contributed by atoms with Gasteiger partial charge in [-0.2, -0.15) is 0 Å². The maximum absolute atomic E-state index is 11.4. The SMILES string of the molecule is O=C(NO)c1cnc(N2CCC3(CCN(Cc4cccc5ncccc45)C3)CC2)nc1. The number of nitrogens with zero attached hydrogens (tertiary/aromatic N) is 5. The predicted octanol–water partition coefficient (Wildman–Crippen LogP) is 2.64. The quantitative estimate of drug-likeness (QED) is 0.497. The van der Waals surface area contributed by atoms with E-state index in [2.05, 4.69) is 49.0 Å². The topological polar surface area (TPSA) is 94.5 Å². The molecule has 2 aromatic heterocycles. The number of nitrogens with one attached hydrogen (secondary N) is 1. The van der Waals surface area contributed by atoms with Gasteiger partial charge >= 0.3 is 0 Å². The van der Waals surface area contributed by atoms with Crippen LogP contribution in [0.15, 0.2) is 48.9 Å². The molecule has 1 aromatic carbocycles. The summed E-state index contributed by atoms with van der Waals surface area (Å²) in [5.74, 6) is 0.0413. The molecule has 2 N–H and O–H groups in total. The monoisotopic (exact) mass is 418 g/mol. The molecule has 0 bridgehead atoms. The van der Waals surface area contributed by atoms with E-state index >= 15 is 0 Å². The predicted molar refractivity (Wildman–Crippen MR) is 117 cm³/mol. The normalized spacial score (nSPS) is 18.5.